The van der Waals surface area contributed by atoms with E-state index < -0.39 is 10.0 Å². The van der Waals surface area contributed by atoms with Gasteiger partial charge in [0.2, 0.25) is 10.0 Å². The summed E-state index contributed by atoms with van der Waals surface area (Å²) in [4.78, 5) is 2.44. The molecule has 34 heavy (non-hydrogen) atoms. The molecule has 3 aromatic rings. The molecular formula is C25H30N4O4S. The average Bonchev–Trinajstić information content (AvgIpc) is 2.86. The van der Waals surface area contributed by atoms with Crippen LogP contribution in [0.3, 0.4) is 0 Å². The SMILES string of the molecule is COc1ccc(OC)c(-c2ccc(N3CCN(S(=O)(=O)c4cc(C)c(C)cc4C)CC3)nn2)c1. The first-order valence-corrected chi connectivity index (χ1v) is 12.6. The minimum absolute atomic E-state index is 0.389. The van der Waals surface area contributed by atoms with Gasteiger partial charge in [0.15, 0.2) is 5.82 Å². The molecule has 0 saturated carbocycles. The maximum atomic E-state index is 13.3. The van der Waals surface area contributed by atoms with Crippen LogP contribution >= 0.6 is 0 Å². The van der Waals surface area contributed by atoms with Crippen LogP contribution in [-0.2, 0) is 10.0 Å². The van der Waals surface area contributed by atoms with Gasteiger partial charge in [-0.05, 0) is 73.9 Å². The molecule has 1 aliphatic rings. The topological polar surface area (TPSA) is 84.9 Å². The zero-order valence-electron chi connectivity index (χ0n) is 20.2. The third kappa shape index (κ3) is 4.58. The number of benzene rings is 2. The van der Waals surface area contributed by atoms with Gasteiger partial charge in [0, 0.05) is 31.7 Å². The van der Waals surface area contributed by atoms with E-state index in [0.29, 0.717) is 54.1 Å². The quantitative estimate of drug-likeness (QED) is 0.531. The molecule has 2 heterocycles. The van der Waals surface area contributed by atoms with Crippen LogP contribution in [0.1, 0.15) is 16.7 Å². The summed E-state index contributed by atoms with van der Waals surface area (Å²) in [6.07, 6.45) is 0. The smallest absolute Gasteiger partial charge is 0.243 e. The van der Waals surface area contributed by atoms with Gasteiger partial charge in [-0.15, -0.1) is 10.2 Å². The molecular weight excluding hydrogens is 452 g/mol. The molecule has 0 spiro atoms. The Morgan fingerprint density at radius 2 is 1.50 bits per heavy atom. The molecule has 0 unspecified atom stereocenters. The summed E-state index contributed by atoms with van der Waals surface area (Å²) in [5, 5.41) is 8.80. The Hall–Kier alpha value is -3.17. The van der Waals surface area contributed by atoms with Crippen molar-refractivity contribution in [2.45, 2.75) is 25.7 Å². The molecule has 1 aliphatic heterocycles. The summed E-state index contributed by atoms with van der Waals surface area (Å²) in [7, 11) is -0.326. The minimum atomic E-state index is -3.55. The number of aromatic nitrogens is 2. The van der Waals surface area contributed by atoms with Crippen molar-refractivity contribution in [1.29, 1.82) is 0 Å². The third-order valence-corrected chi connectivity index (χ3v) is 8.35. The van der Waals surface area contributed by atoms with E-state index in [2.05, 4.69) is 15.1 Å². The fourth-order valence-corrected chi connectivity index (χ4v) is 5.87. The Kier molecular flexibility index (Phi) is 6.77. The number of nitrogens with zero attached hydrogens (tertiary/aromatic N) is 4. The second kappa shape index (κ2) is 9.60. The molecule has 1 fully saturated rings. The number of rotatable bonds is 6. The monoisotopic (exact) mass is 482 g/mol. The molecule has 0 aliphatic carbocycles. The van der Waals surface area contributed by atoms with Gasteiger partial charge in [-0.3, -0.25) is 0 Å². The van der Waals surface area contributed by atoms with Gasteiger partial charge in [0.05, 0.1) is 24.8 Å². The van der Waals surface area contributed by atoms with Gasteiger partial charge in [0.25, 0.3) is 0 Å². The number of ether oxygens (including phenoxy) is 2. The summed E-state index contributed by atoms with van der Waals surface area (Å²) in [6, 6.07) is 13.0. The van der Waals surface area contributed by atoms with Crippen LogP contribution in [0, 0.1) is 20.8 Å². The van der Waals surface area contributed by atoms with Gasteiger partial charge in [-0.25, -0.2) is 8.42 Å². The van der Waals surface area contributed by atoms with Crippen molar-refractivity contribution in [3.63, 3.8) is 0 Å². The third-order valence-electron chi connectivity index (χ3n) is 6.30. The van der Waals surface area contributed by atoms with Crippen LogP contribution in [0.2, 0.25) is 0 Å². The molecule has 1 saturated heterocycles. The van der Waals surface area contributed by atoms with Crippen LogP contribution in [0.15, 0.2) is 47.4 Å². The van der Waals surface area contributed by atoms with Gasteiger partial charge >= 0.3 is 0 Å². The lowest BCUT2D eigenvalue weighted by Crippen LogP contribution is -2.49. The summed E-state index contributed by atoms with van der Waals surface area (Å²) < 4.78 is 38.9. The number of piperazine rings is 1. The van der Waals surface area contributed by atoms with E-state index in [1.54, 1.807) is 24.6 Å². The highest BCUT2D eigenvalue weighted by atomic mass is 32.2. The van der Waals surface area contributed by atoms with Crippen LogP contribution in [0.4, 0.5) is 5.82 Å². The molecule has 0 bridgehead atoms. The van der Waals surface area contributed by atoms with Crippen molar-refractivity contribution in [3.8, 4) is 22.8 Å². The number of hydrogen-bond donors (Lipinski definition) is 0. The van der Waals surface area contributed by atoms with Crippen molar-refractivity contribution in [2.24, 2.45) is 0 Å². The van der Waals surface area contributed by atoms with Gasteiger partial charge in [-0.2, -0.15) is 4.31 Å². The zero-order valence-corrected chi connectivity index (χ0v) is 21.0. The number of aryl methyl sites for hydroxylation is 3. The van der Waals surface area contributed by atoms with Crippen molar-refractivity contribution in [1.82, 2.24) is 14.5 Å². The average molecular weight is 483 g/mol. The maximum Gasteiger partial charge on any atom is 0.243 e. The molecule has 180 valence electrons. The molecule has 0 atom stereocenters. The van der Waals surface area contributed by atoms with Crippen LogP contribution in [0.25, 0.3) is 11.3 Å². The Morgan fingerprint density at radius 1 is 0.794 bits per heavy atom. The Labute approximate surface area is 201 Å². The lowest BCUT2D eigenvalue weighted by Gasteiger charge is -2.34. The van der Waals surface area contributed by atoms with Crippen LogP contribution in [0.5, 0.6) is 11.5 Å². The number of methoxy groups -OCH3 is 2. The number of anilines is 1. The Bertz CT molecular complexity index is 1290. The van der Waals surface area contributed by atoms with Crippen molar-refractivity contribution in [3.05, 3.63) is 59.2 Å². The van der Waals surface area contributed by atoms with E-state index in [4.69, 9.17) is 9.47 Å². The molecule has 0 amide bonds. The summed E-state index contributed by atoms with van der Waals surface area (Å²) in [6.45, 7) is 7.65. The highest BCUT2D eigenvalue weighted by Crippen LogP contribution is 2.32. The first-order valence-electron chi connectivity index (χ1n) is 11.1. The van der Waals surface area contributed by atoms with E-state index in [1.165, 1.54) is 0 Å². The Balaban J connectivity index is 1.49. The lowest BCUT2D eigenvalue weighted by atomic mass is 10.1. The predicted molar refractivity (Wildman–Crippen MR) is 132 cm³/mol. The number of hydrogen-bond acceptors (Lipinski definition) is 7. The lowest BCUT2D eigenvalue weighted by molar-refractivity contribution is 0.383. The summed E-state index contributed by atoms with van der Waals surface area (Å²) in [5.74, 6) is 2.10. The molecule has 2 aromatic carbocycles. The summed E-state index contributed by atoms with van der Waals surface area (Å²) in [5.41, 5.74) is 4.31. The zero-order chi connectivity index (χ0) is 24.5. The van der Waals surface area contributed by atoms with E-state index in [1.807, 2.05) is 57.2 Å². The van der Waals surface area contributed by atoms with E-state index >= 15 is 0 Å². The fourth-order valence-electron chi connectivity index (χ4n) is 4.16. The highest BCUT2D eigenvalue weighted by Gasteiger charge is 2.30. The molecule has 8 nitrogen and oxygen atoms in total. The van der Waals surface area contributed by atoms with Gasteiger partial charge in [-0.1, -0.05) is 6.07 Å². The standard InChI is InChI=1S/C25H30N4O4S/c1-17-14-19(3)24(15-18(17)2)34(30,31)29-12-10-28(11-13-29)25-9-7-22(26-27-25)21-16-20(32-4)6-8-23(21)33-5/h6-9,14-16H,10-13H2,1-5H3. The minimum Gasteiger partial charge on any atom is -0.497 e. The van der Waals surface area contributed by atoms with Crippen molar-refractivity contribution < 1.29 is 17.9 Å². The first kappa shape index (κ1) is 24.0. The number of sulfonamides is 1. The maximum absolute atomic E-state index is 13.3. The fraction of sp³-hybridized carbons (Fsp3) is 0.360. The molecule has 9 heteroatoms. The van der Waals surface area contributed by atoms with Crippen molar-refractivity contribution in [2.75, 3.05) is 45.3 Å². The van der Waals surface area contributed by atoms with Crippen LogP contribution < -0.4 is 14.4 Å². The van der Waals surface area contributed by atoms with Gasteiger partial charge in [0.1, 0.15) is 11.5 Å². The molecule has 0 N–H and O–H groups in total. The molecule has 1 aromatic heterocycles. The Morgan fingerprint density at radius 3 is 2.12 bits per heavy atom. The first-order chi connectivity index (χ1) is 16.2. The second-order valence-corrected chi connectivity index (χ2v) is 10.3. The summed E-state index contributed by atoms with van der Waals surface area (Å²) >= 11 is 0. The molecule has 4 rings (SSSR count). The van der Waals surface area contributed by atoms with Gasteiger partial charge < -0.3 is 14.4 Å². The van der Waals surface area contributed by atoms with E-state index in [9.17, 15) is 8.42 Å². The highest BCUT2D eigenvalue weighted by molar-refractivity contribution is 7.89. The normalized spacial score (nSPS) is 14.8. The van der Waals surface area contributed by atoms with Crippen molar-refractivity contribution >= 4 is 15.8 Å². The largest absolute Gasteiger partial charge is 0.497 e. The second-order valence-electron chi connectivity index (χ2n) is 8.44. The van der Waals surface area contributed by atoms with E-state index in [-0.39, 0.29) is 0 Å². The van der Waals surface area contributed by atoms with Crippen LogP contribution in [-0.4, -0.2) is 63.3 Å². The molecule has 0 radical (unpaired) electrons. The predicted octanol–water partition coefficient (Wildman–Crippen LogP) is 3.60. The van der Waals surface area contributed by atoms with E-state index in [0.717, 1.165) is 22.3 Å².